The number of unbranched alkanes of at least 4 members (excludes halogenated alkanes) is 57. The number of aliphatic hydroxyl groups is 4. The normalized spacial score (nSPS) is 20.3. The Morgan fingerprint density at radius 3 is 0.855 bits per heavy atom. The van der Waals surface area contributed by atoms with Crippen LogP contribution in [0, 0.1) is 29.6 Å². The lowest BCUT2D eigenvalue weighted by Crippen LogP contribution is -2.59. The van der Waals surface area contributed by atoms with E-state index in [1.807, 2.05) is 6.92 Å². The van der Waals surface area contributed by atoms with Gasteiger partial charge < -0.3 is 39.3 Å². The summed E-state index contributed by atoms with van der Waals surface area (Å²) in [5, 5.41) is 44.6. The standard InChI is InChI=1S/C119H219O11P/c1-11-13-15-17-19-21-23-25-27-29-30-31-32-33-34-35-36-38-42-46-50-58-64-70-94-112(113(120)95-71-65-59-51-47-43-39-41-45-49-55-61-67-91-109-99-111(109)93-69-63-57-53-52-56-62-68-92-110-98-108(110)90-66-60-54-48-44-40-37-28-26-24-22-20-18-16-14-12-2)118(124)127-100-114-115(121)116(122)117(123)119(129-114)130-131(125,126)128-97-96-107(10)89-77-88-106(9)87-76-86-105(8)85-75-84-104(7)83-74-82-103(6)81-73-80-102(5)79-72-78-101(3)4/h78,80,82,84,86,88,96,108-117,119-123H,11-77,79,81,83,85,87,89-95,97-100H2,1-10H3,(H,125,126)/p-1/b102-80+,103-82+,104-84+,105-86+,106-88+,107-96+/t108?,109?,110?,111?,112?,113-,114-,115-,116+,117+,119-/m1/s1. The first-order valence-corrected chi connectivity index (χ1v) is 58.9. The van der Waals surface area contributed by atoms with E-state index in [1.165, 1.54) is 412 Å². The molecular weight excluding hydrogens is 1640 g/mol. The average Bonchev–Trinajstić information content (AvgIpc) is 1.61. The van der Waals surface area contributed by atoms with E-state index < -0.39 is 63.1 Å². The molecule has 1 heterocycles. The summed E-state index contributed by atoms with van der Waals surface area (Å²) in [5.74, 6) is 2.84. The van der Waals surface area contributed by atoms with Gasteiger partial charge in [-0.2, -0.15) is 0 Å². The fourth-order valence-corrected chi connectivity index (χ4v) is 21.1. The van der Waals surface area contributed by atoms with Gasteiger partial charge in [-0.1, -0.05) is 513 Å². The van der Waals surface area contributed by atoms with Crippen LogP contribution in [0.4, 0.5) is 0 Å². The van der Waals surface area contributed by atoms with Gasteiger partial charge in [-0.3, -0.25) is 13.9 Å². The highest BCUT2D eigenvalue weighted by molar-refractivity contribution is 7.45. The lowest BCUT2D eigenvalue weighted by Gasteiger charge is -2.41. The quantitative estimate of drug-likeness (QED) is 0.0197. The van der Waals surface area contributed by atoms with E-state index in [0.717, 1.165) is 145 Å². The van der Waals surface area contributed by atoms with Gasteiger partial charge in [0, 0.05) is 0 Å². The molecule has 3 fully saturated rings. The van der Waals surface area contributed by atoms with Crippen molar-refractivity contribution in [2.45, 2.75) is 626 Å². The second kappa shape index (κ2) is 85.5. The first-order valence-electron chi connectivity index (χ1n) is 57.5. The van der Waals surface area contributed by atoms with Crippen LogP contribution in [0.2, 0.25) is 0 Å². The molecule has 0 aromatic carbocycles. The van der Waals surface area contributed by atoms with Crippen LogP contribution in [0.15, 0.2) is 81.5 Å². The molecule has 766 valence electrons. The molecular formula is C119H218O11P-. The average molecular weight is 1860 g/mol. The van der Waals surface area contributed by atoms with Crippen LogP contribution in [0.3, 0.4) is 0 Å². The molecule has 3 aliphatic rings. The molecule has 12 heteroatoms. The molecule has 131 heavy (non-hydrogen) atoms. The Morgan fingerprint density at radius 1 is 0.336 bits per heavy atom. The molecule has 1 aliphatic heterocycles. The number of aliphatic hydroxyl groups excluding tert-OH is 4. The van der Waals surface area contributed by atoms with Crippen LogP contribution in [-0.2, 0) is 27.9 Å². The van der Waals surface area contributed by atoms with E-state index >= 15 is 0 Å². The lowest BCUT2D eigenvalue weighted by atomic mass is 9.91. The number of phosphoric ester groups is 1. The summed E-state index contributed by atoms with van der Waals surface area (Å²) in [6.45, 7) is 21.2. The van der Waals surface area contributed by atoms with E-state index in [2.05, 4.69) is 98.8 Å². The topological polar surface area (TPSA) is 175 Å². The van der Waals surface area contributed by atoms with Crippen LogP contribution in [0.25, 0.3) is 0 Å². The summed E-state index contributed by atoms with van der Waals surface area (Å²) in [6.07, 6.45) is 111. The summed E-state index contributed by atoms with van der Waals surface area (Å²) in [6, 6.07) is 0. The van der Waals surface area contributed by atoms with Gasteiger partial charge in [0.05, 0.1) is 18.6 Å². The second-order valence-electron chi connectivity index (χ2n) is 43.1. The number of rotatable bonds is 96. The predicted molar refractivity (Wildman–Crippen MR) is 563 cm³/mol. The Bertz CT molecular complexity index is 2920. The number of esters is 1. The van der Waals surface area contributed by atoms with Gasteiger partial charge in [0.1, 0.15) is 31.0 Å². The summed E-state index contributed by atoms with van der Waals surface area (Å²) >= 11 is 0. The molecule has 1 saturated heterocycles. The first kappa shape index (κ1) is 123. The van der Waals surface area contributed by atoms with Gasteiger partial charge in [-0.05, 0) is 182 Å². The van der Waals surface area contributed by atoms with Crippen molar-refractivity contribution in [3.63, 3.8) is 0 Å². The lowest BCUT2D eigenvalue weighted by molar-refractivity contribution is -0.305. The maximum absolute atomic E-state index is 14.0. The number of hydrogen-bond acceptors (Lipinski definition) is 11. The van der Waals surface area contributed by atoms with Gasteiger partial charge in [0.2, 0.25) is 0 Å². The maximum atomic E-state index is 14.0. The highest BCUT2D eigenvalue weighted by Gasteiger charge is 2.47. The molecule has 0 aromatic rings. The van der Waals surface area contributed by atoms with Crippen LogP contribution in [-0.4, -0.2) is 76.4 Å². The zero-order valence-electron chi connectivity index (χ0n) is 88.2. The molecule has 12 atom stereocenters. The highest BCUT2D eigenvalue weighted by atomic mass is 31.2. The highest BCUT2D eigenvalue weighted by Crippen LogP contribution is 2.48. The summed E-state index contributed by atoms with van der Waals surface area (Å²) in [7, 11) is -5.11. The van der Waals surface area contributed by atoms with Gasteiger partial charge in [-0.15, -0.1) is 0 Å². The Hall–Kier alpha value is -2.44. The molecule has 4 N–H and O–H groups in total. The van der Waals surface area contributed by atoms with Gasteiger partial charge >= 0.3 is 5.97 Å². The fourth-order valence-electron chi connectivity index (χ4n) is 20.3. The first-order chi connectivity index (χ1) is 63.7. The van der Waals surface area contributed by atoms with E-state index in [-0.39, 0.29) is 6.61 Å². The van der Waals surface area contributed by atoms with Crippen LogP contribution >= 0.6 is 7.82 Å². The third kappa shape index (κ3) is 73.4. The predicted octanol–water partition coefficient (Wildman–Crippen LogP) is 36.6. The van der Waals surface area contributed by atoms with E-state index in [1.54, 1.807) is 12.5 Å². The number of carbonyl (C=O) groups excluding carboxylic acids is 1. The van der Waals surface area contributed by atoms with Gasteiger partial charge in [-0.25, -0.2) is 0 Å². The minimum Gasteiger partial charge on any atom is -0.756 e. The summed E-state index contributed by atoms with van der Waals surface area (Å²) in [5.41, 5.74) is 9.47. The fraction of sp³-hybridized carbons (Fsp3) is 0.874. The number of hydrogen-bond donors (Lipinski definition) is 4. The zero-order valence-corrected chi connectivity index (χ0v) is 89.1. The SMILES string of the molecule is CCCCCCCCCCCCCCCCCCCCCCCCCCC(C(=O)OC[C@H]1O[C@H](OP(=O)([O-])OC/C=C(\C)CC/C=C(\C)CC/C=C(\C)CC/C=C(\C)CC/C=C(\C)CC/C=C(\C)CCC=C(C)C)[C@@H](O)[C@@H](O)[C@@H]1O)[C@H](O)CCCCCCCCCCCCCCCC1CC1CCCCCCCCCCC1CC1CCCCCCCCCCCCCCCCCC. The van der Waals surface area contributed by atoms with Crippen molar-refractivity contribution < 1.29 is 53.2 Å². The maximum Gasteiger partial charge on any atom is 0.311 e. The molecule has 0 radical (unpaired) electrons. The molecule has 0 amide bonds. The molecule has 2 saturated carbocycles. The Morgan fingerprint density at radius 2 is 0.580 bits per heavy atom. The number of ether oxygens (including phenoxy) is 2. The molecule has 2 aliphatic carbocycles. The molecule has 0 aromatic heterocycles. The van der Waals surface area contributed by atoms with Crippen molar-refractivity contribution in [2.24, 2.45) is 29.6 Å². The third-order valence-electron chi connectivity index (χ3n) is 29.9. The smallest absolute Gasteiger partial charge is 0.311 e. The van der Waals surface area contributed by atoms with Crippen LogP contribution in [0.5, 0.6) is 0 Å². The number of allylic oxidation sites excluding steroid dienone is 13. The largest absolute Gasteiger partial charge is 0.756 e. The second-order valence-corrected chi connectivity index (χ2v) is 44.5. The Balaban J connectivity index is 1.28. The molecule has 0 spiro atoms. The van der Waals surface area contributed by atoms with Gasteiger partial charge in [0.15, 0.2) is 6.29 Å². The summed E-state index contributed by atoms with van der Waals surface area (Å²) < 4.78 is 35.1. The number of carbonyl (C=O) groups is 1. The van der Waals surface area contributed by atoms with Crippen molar-refractivity contribution in [1.82, 2.24) is 0 Å². The van der Waals surface area contributed by atoms with Crippen molar-refractivity contribution in [3.05, 3.63) is 81.5 Å². The third-order valence-corrected chi connectivity index (χ3v) is 30.8. The summed E-state index contributed by atoms with van der Waals surface area (Å²) in [4.78, 5) is 27.2. The molecule has 6 unspecified atom stereocenters. The monoisotopic (exact) mass is 1850 g/mol. The minimum absolute atomic E-state index is 0.306. The molecule has 11 nitrogen and oxygen atoms in total. The number of phosphoric acid groups is 1. The van der Waals surface area contributed by atoms with Crippen LogP contribution < -0.4 is 4.89 Å². The van der Waals surface area contributed by atoms with Crippen molar-refractivity contribution >= 4 is 13.8 Å². The Kier molecular flexibility index (Phi) is 80.1. The molecule has 3 rings (SSSR count). The zero-order chi connectivity index (χ0) is 94.9. The minimum atomic E-state index is -5.11. The van der Waals surface area contributed by atoms with E-state index in [0.29, 0.717) is 19.3 Å². The van der Waals surface area contributed by atoms with E-state index in [9.17, 15) is 34.7 Å². The van der Waals surface area contributed by atoms with Crippen molar-refractivity contribution in [2.75, 3.05) is 13.2 Å². The Labute approximate surface area is 812 Å². The van der Waals surface area contributed by atoms with E-state index in [4.69, 9.17) is 18.5 Å². The van der Waals surface area contributed by atoms with Crippen molar-refractivity contribution in [1.29, 1.82) is 0 Å². The molecule has 0 bridgehead atoms. The van der Waals surface area contributed by atoms with Crippen LogP contribution in [0.1, 0.15) is 589 Å². The van der Waals surface area contributed by atoms with Gasteiger partial charge in [0.25, 0.3) is 7.82 Å². The van der Waals surface area contributed by atoms with Crippen molar-refractivity contribution in [3.8, 4) is 0 Å².